The predicted octanol–water partition coefficient (Wildman–Crippen LogP) is 4.36. The Morgan fingerprint density at radius 2 is 1.85 bits per heavy atom. The maximum absolute atomic E-state index is 13.9. The normalized spacial score (nSPS) is 14.5. The van der Waals surface area contributed by atoms with E-state index in [0.29, 0.717) is 55.3 Å². The van der Waals surface area contributed by atoms with Gasteiger partial charge in [0, 0.05) is 38.1 Å². The molecular weight excluding hydrogens is 438 g/mol. The third-order valence-electron chi connectivity index (χ3n) is 6.00. The first-order chi connectivity index (χ1) is 16.5. The van der Waals surface area contributed by atoms with Crippen LogP contribution in [0.15, 0.2) is 60.8 Å². The number of benzene rings is 2. The Morgan fingerprint density at radius 3 is 2.62 bits per heavy atom. The number of halogens is 2. The van der Waals surface area contributed by atoms with Crippen LogP contribution in [0.4, 0.5) is 19.3 Å². The molecule has 2 amide bonds. The quantitative estimate of drug-likeness (QED) is 0.490. The molecule has 1 aliphatic rings. The van der Waals surface area contributed by atoms with Gasteiger partial charge in [-0.3, -0.25) is 9.47 Å². The molecule has 0 unspecified atom stereocenters. The van der Waals surface area contributed by atoms with Gasteiger partial charge < -0.3 is 10.2 Å². The molecule has 174 valence electrons. The van der Waals surface area contributed by atoms with Gasteiger partial charge >= 0.3 is 6.03 Å². The standard InChI is InChI=1S/C25H24F2N6O/c1-17-7-8-19(15-21(17)27)29-25(34)32-12-10-31(11-13-32)16-23-30-22-6-3-9-28-24(22)33(23)20-5-2-4-18(26)14-20/h2-9,14-15H,10-13,16H2,1H3,(H,29,34). The van der Waals surface area contributed by atoms with Crippen LogP contribution in [0.25, 0.3) is 16.9 Å². The number of imidazole rings is 1. The molecule has 0 radical (unpaired) electrons. The summed E-state index contributed by atoms with van der Waals surface area (Å²) in [6.07, 6.45) is 1.70. The lowest BCUT2D eigenvalue weighted by Crippen LogP contribution is -2.49. The number of piperazine rings is 1. The Kier molecular flexibility index (Phi) is 5.93. The zero-order valence-corrected chi connectivity index (χ0v) is 18.7. The van der Waals surface area contributed by atoms with Crippen LogP contribution in [-0.2, 0) is 6.54 Å². The number of carbonyl (C=O) groups excluding carboxylic acids is 1. The number of aryl methyl sites for hydroxylation is 1. The second-order valence-electron chi connectivity index (χ2n) is 8.35. The average Bonchev–Trinajstić information content (AvgIpc) is 3.19. The molecule has 5 rings (SSSR count). The van der Waals surface area contributed by atoms with Crippen molar-refractivity contribution in [1.82, 2.24) is 24.3 Å². The number of aromatic nitrogens is 3. The topological polar surface area (TPSA) is 66.3 Å². The fourth-order valence-corrected chi connectivity index (χ4v) is 4.13. The van der Waals surface area contributed by atoms with Crippen LogP contribution in [0, 0.1) is 18.6 Å². The summed E-state index contributed by atoms with van der Waals surface area (Å²) in [5.41, 5.74) is 3.05. The van der Waals surface area contributed by atoms with Crippen LogP contribution in [0.5, 0.6) is 0 Å². The molecule has 1 aliphatic heterocycles. The summed E-state index contributed by atoms with van der Waals surface area (Å²) in [5.74, 6) is 0.0833. The van der Waals surface area contributed by atoms with E-state index in [-0.39, 0.29) is 17.7 Å². The Morgan fingerprint density at radius 1 is 1.03 bits per heavy atom. The Balaban J connectivity index is 1.28. The van der Waals surface area contributed by atoms with E-state index in [0.717, 1.165) is 11.3 Å². The van der Waals surface area contributed by atoms with E-state index in [1.165, 1.54) is 18.2 Å². The van der Waals surface area contributed by atoms with Crippen LogP contribution < -0.4 is 5.32 Å². The summed E-state index contributed by atoms with van der Waals surface area (Å²) in [6, 6.07) is 14.5. The highest BCUT2D eigenvalue weighted by atomic mass is 19.1. The van der Waals surface area contributed by atoms with Gasteiger partial charge in [-0.05, 0) is 55.0 Å². The van der Waals surface area contributed by atoms with Crippen molar-refractivity contribution in [3.8, 4) is 5.69 Å². The number of nitrogens with one attached hydrogen (secondary N) is 1. The molecular formula is C25H24F2N6O. The van der Waals surface area contributed by atoms with E-state index < -0.39 is 0 Å². The van der Waals surface area contributed by atoms with Gasteiger partial charge in [0.05, 0.1) is 12.2 Å². The van der Waals surface area contributed by atoms with Crippen LogP contribution in [0.2, 0.25) is 0 Å². The molecule has 0 saturated carbocycles. The van der Waals surface area contributed by atoms with Gasteiger partial charge in [-0.15, -0.1) is 0 Å². The number of rotatable bonds is 4. The summed E-state index contributed by atoms with van der Waals surface area (Å²) in [6.45, 7) is 4.56. The van der Waals surface area contributed by atoms with E-state index in [4.69, 9.17) is 4.98 Å². The summed E-state index contributed by atoms with van der Waals surface area (Å²) < 4.78 is 29.6. The molecule has 0 bridgehead atoms. The second-order valence-corrected chi connectivity index (χ2v) is 8.35. The molecule has 3 heterocycles. The molecule has 0 spiro atoms. The number of anilines is 1. The van der Waals surface area contributed by atoms with Gasteiger partial charge in [0.2, 0.25) is 0 Å². The van der Waals surface area contributed by atoms with Gasteiger partial charge in [0.1, 0.15) is 23.0 Å². The van der Waals surface area contributed by atoms with Gasteiger partial charge in [-0.2, -0.15) is 0 Å². The van der Waals surface area contributed by atoms with Crippen molar-refractivity contribution in [2.24, 2.45) is 0 Å². The minimum Gasteiger partial charge on any atom is -0.322 e. The fourth-order valence-electron chi connectivity index (χ4n) is 4.13. The Labute approximate surface area is 195 Å². The van der Waals surface area contributed by atoms with E-state index in [9.17, 15) is 13.6 Å². The van der Waals surface area contributed by atoms with Gasteiger partial charge in [0.15, 0.2) is 5.65 Å². The third-order valence-corrected chi connectivity index (χ3v) is 6.00. The molecule has 1 fully saturated rings. The number of amides is 2. The first-order valence-electron chi connectivity index (χ1n) is 11.1. The molecule has 0 aliphatic carbocycles. The van der Waals surface area contributed by atoms with Crippen molar-refractivity contribution in [3.63, 3.8) is 0 Å². The Bertz CT molecular complexity index is 1350. The largest absolute Gasteiger partial charge is 0.322 e. The van der Waals surface area contributed by atoms with E-state index >= 15 is 0 Å². The lowest BCUT2D eigenvalue weighted by molar-refractivity contribution is 0.140. The van der Waals surface area contributed by atoms with Crippen molar-refractivity contribution < 1.29 is 13.6 Å². The highest BCUT2D eigenvalue weighted by molar-refractivity contribution is 5.89. The predicted molar refractivity (Wildman–Crippen MR) is 126 cm³/mol. The minimum atomic E-state index is -0.349. The first kappa shape index (κ1) is 22.0. The summed E-state index contributed by atoms with van der Waals surface area (Å²) in [5, 5.41) is 2.77. The highest BCUT2D eigenvalue weighted by Crippen LogP contribution is 2.22. The molecule has 7 nitrogen and oxygen atoms in total. The molecule has 2 aromatic heterocycles. The maximum Gasteiger partial charge on any atom is 0.321 e. The SMILES string of the molecule is Cc1ccc(NC(=O)N2CCN(Cc3nc4cccnc4n3-c3cccc(F)c3)CC2)cc1F. The molecule has 2 aromatic carbocycles. The smallest absolute Gasteiger partial charge is 0.321 e. The van der Waals surface area contributed by atoms with Crippen molar-refractivity contribution in [3.05, 3.63) is 83.8 Å². The van der Waals surface area contributed by atoms with Crippen LogP contribution >= 0.6 is 0 Å². The van der Waals surface area contributed by atoms with Crippen molar-refractivity contribution in [2.75, 3.05) is 31.5 Å². The van der Waals surface area contributed by atoms with Gasteiger partial charge in [0.25, 0.3) is 0 Å². The monoisotopic (exact) mass is 462 g/mol. The number of carbonyl (C=O) groups is 1. The summed E-state index contributed by atoms with van der Waals surface area (Å²) >= 11 is 0. The van der Waals surface area contributed by atoms with Gasteiger partial charge in [-0.1, -0.05) is 12.1 Å². The molecule has 34 heavy (non-hydrogen) atoms. The van der Waals surface area contributed by atoms with Crippen molar-refractivity contribution in [1.29, 1.82) is 0 Å². The molecule has 9 heteroatoms. The van der Waals surface area contributed by atoms with E-state index in [1.807, 2.05) is 22.8 Å². The Hall–Kier alpha value is -3.85. The number of pyridine rings is 1. The van der Waals surface area contributed by atoms with E-state index in [2.05, 4.69) is 15.2 Å². The number of nitrogens with zero attached hydrogens (tertiary/aromatic N) is 5. The number of hydrogen-bond donors (Lipinski definition) is 1. The van der Waals surface area contributed by atoms with E-state index in [1.54, 1.807) is 36.2 Å². The van der Waals surface area contributed by atoms with Crippen molar-refractivity contribution >= 4 is 22.9 Å². The third kappa shape index (κ3) is 4.47. The summed E-state index contributed by atoms with van der Waals surface area (Å²) in [7, 11) is 0. The average molecular weight is 463 g/mol. The fraction of sp³-hybridized carbons (Fsp3) is 0.240. The van der Waals surface area contributed by atoms with Gasteiger partial charge in [-0.25, -0.2) is 23.5 Å². The van der Waals surface area contributed by atoms with Crippen molar-refractivity contribution in [2.45, 2.75) is 13.5 Å². The number of hydrogen-bond acceptors (Lipinski definition) is 4. The number of urea groups is 1. The zero-order chi connectivity index (χ0) is 23.7. The molecule has 1 saturated heterocycles. The first-order valence-corrected chi connectivity index (χ1v) is 11.1. The summed E-state index contributed by atoms with van der Waals surface area (Å²) in [4.78, 5) is 25.8. The second kappa shape index (κ2) is 9.18. The van der Waals surface area contributed by atoms with Crippen LogP contribution in [0.1, 0.15) is 11.4 Å². The highest BCUT2D eigenvalue weighted by Gasteiger charge is 2.24. The lowest BCUT2D eigenvalue weighted by atomic mass is 10.2. The molecule has 4 aromatic rings. The maximum atomic E-state index is 13.9. The number of fused-ring (bicyclic) bond motifs is 1. The molecule has 0 atom stereocenters. The molecule has 1 N–H and O–H groups in total. The van der Waals surface area contributed by atoms with Crippen LogP contribution in [-0.4, -0.2) is 56.5 Å². The lowest BCUT2D eigenvalue weighted by Gasteiger charge is -2.34. The zero-order valence-electron chi connectivity index (χ0n) is 18.7. The minimum absolute atomic E-state index is 0.251. The van der Waals surface area contributed by atoms with Crippen LogP contribution in [0.3, 0.4) is 0 Å².